The van der Waals surface area contributed by atoms with Gasteiger partial charge < -0.3 is 4.74 Å². The Morgan fingerprint density at radius 1 is 1.33 bits per heavy atom. The van der Waals surface area contributed by atoms with Crippen LogP contribution in [-0.2, 0) is 16.4 Å². The summed E-state index contributed by atoms with van der Waals surface area (Å²) in [7, 11) is -1.77. The number of aromatic nitrogens is 2. The van der Waals surface area contributed by atoms with Gasteiger partial charge in [0, 0.05) is 25.0 Å². The van der Waals surface area contributed by atoms with E-state index in [-0.39, 0.29) is 5.75 Å². The van der Waals surface area contributed by atoms with E-state index in [4.69, 9.17) is 4.74 Å². The minimum atomic E-state index is -3.31. The maximum Gasteiger partial charge on any atom is 0.179 e. The van der Waals surface area contributed by atoms with E-state index in [2.05, 4.69) is 10.00 Å². The highest BCUT2D eigenvalue weighted by atomic mass is 32.2. The van der Waals surface area contributed by atoms with Gasteiger partial charge >= 0.3 is 0 Å². The van der Waals surface area contributed by atoms with Gasteiger partial charge in [-0.1, -0.05) is 6.07 Å². The van der Waals surface area contributed by atoms with E-state index < -0.39 is 9.84 Å². The normalized spacial score (nSPS) is 18.8. The van der Waals surface area contributed by atoms with Gasteiger partial charge in [-0.15, -0.1) is 0 Å². The summed E-state index contributed by atoms with van der Waals surface area (Å²) in [6.45, 7) is 2.30. The molecule has 0 N–H and O–H groups in total. The van der Waals surface area contributed by atoms with Gasteiger partial charge in [0.05, 0.1) is 24.3 Å². The van der Waals surface area contributed by atoms with Crippen molar-refractivity contribution >= 4 is 9.84 Å². The molecule has 0 saturated carbocycles. The molecule has 2 heterocycles. The van der Waals surface area contributed by atoms with Gasteiger partial charge in [-0.2, -0.15) is 5.10 Å². The third-order valence-corrected chi connectivity index (χ3v) is 6.20. The average Bonchev–Trinajstić information content (AvgIpc) is 3.25. The van der Waals surface area contributed by atoms with Crippen LogP contribution in [0.1, 0.15) is 12.8 Å². The molecular formula is C17H23N3O3S. The van der Waals surface area contributed by atoms with Crippen LogP contribution in [0.2, 0.25) is 0 Å². The molecule has 2 aromatic rings. The molecule has 0 aliphatic carbocycles. The molecule has 24 heavy (non-hydrogen) atoms. The first-order valence-corrected chi connectivity index (χ1v) is 9.82. The minimum Gasteiger partial charge on any atom is -0.497 e. The lowest BCUT2D eigenvalue weighted by molar-refractivity contribution is 0.239. The zero-order chi connectivity index (χ0) is 17.0. The summed E-state index contributed by atoms with van der Waals surface area (Å²) in [6.07, 6.45) is 5.90. The average molecular weight is 349 g/mol. The largest absolute Gasteiger partial charge is 0.497 e. The third-order valence-electron chi connectivity index (χ3n) is 4.50. The number of benzene rings is 1. The Balaban J connectivity index is 1.63. The maximum atomic E-state index is 12.6. The van der Waals surface area contributed by atoms with Crippen molar-refractivity contribution in [3.05, 3.63) is 42.7 Å². The van der Waals surface area contributed by atoms with Crippen molar-refractivity contribution in [2.24, 2.45) is 0 Å². The summed E-state index contributed by atoms with van der Waals surface area (Å²) in [4.78, 5) is 2.59. The first-order chi connectivity index (χ1) is 11.6. The van der Waals surface area contributed by atoms with Crippen molar-refractivity contribution < 1.29 is 13.2 Å². The summed E-state index contributed by atoms with van der Waals surface area (Å²) in [6, 6.07) is 8.93. The molecule has 1 aliphatic rings. The second-order valence-electron chi connectivity index (χ2n) is 6.06. The topological polar surface area (TPSA) is 64.4 Å². The van der Waals surface area contributed by atoms with Gasteiger partial charge in [-0.25, -0.2) is 8.42 Å². The molecule has 1 aliphatic heterocycles. The van der Waals surface area contributed by atoms with Crippen molar-refractivity contribution in [3.63, 3.8) is 0 Å². The monoisotopic (exact) mass is 349 g/mol. The van der Waals surface area contributed by atoms with Crippen LogP contribution in [-0.4, -0.2) is 55.1 Å². The maximum absolute atomic E-state index is 12.6. The summed E-state index contributed by atoms with van der Waals surface area (Å²) in [5.41, 5.74) is 0. The van der Waals surface area contributed by atoms with Crippen LogP contribution >= 0.6 is 0 Å². The lowest BCUT2D eigenvalue weighted by Gasteiger charge is -2.24. The van der Waals surface area contributed by atoms with Crippen LogP contribution in [0.25, 0.3) is 0 Å². The highest BCUT2D eigenvalue weighted by Gasteiger charge is 2.26. The molecule has 0 bridgehead atoms. The number of hydrogen-bond donors (Lipinski definition) is 0. The number of nitrogens with zero attached hydrogens (tertiary/aromatic N) is 3. The molecule has 6 nitrogen and oxygen atoms in total. The number of rotatable bonds is 7. The zero-order valence-corrected chi connectivity index (χ0v) is 14.7. The molecular weight excluding hydrogens is 326 g/mol. The molecule has 0 spiro atoms. The summed E-state index contributed by atoms with van der Waals surface area (Å²) in [5, 5.41) is 4.25. The minimum absolute atomic E-state index is 0.121. The summed E-state index contributed by atoms with van der Waals surface area (Å²) < 4.78 is 32.2. The third kappa shape index (κ3) is 3.96. The van der Waals surface area contributed by atoms with E-state index in [9.17, 15) is 8.42 Å². The van der Waals surface area contributed by atoms with Crippen molar-refractivity contribution in [1.29, 1.82) is 0 Å². The fraction of sp³-hybridized carbons (Fsp3) is 0.471. The molecule has 1 saturated heterocycles. The lowest BCUT2D eigenvalue weighted by Crippen LogP contribution is -2.36. The molecule has 0 radical (unpaired) electrons. The van der Waals surface area contributed by atoms with Gasteiger partial charge in [0.15, 0.2) is 9.84 Å². The second kappa shape index (κ2) is 7.36. The van der Waals surface area contributed by atoms with Gasteiger partial charge in [-0.3, -0.25) is 9.58 Å². The van der Waals surface area contributed by atoms with Crippen LogP contribution in [0.5, 0.6) is 5.75 Å². The van der Waals surface area contributed by atoms with Gasteiger partial charge in [0.25, 0.3) is 0 Å². The van der Waals surface area contributed by atoms with E-state index >= 15 is 0 Å². The van der Waals surface area contributed by atoms with Crippen LogP contribution in [0, 0.1) is 0 Å². The van der Waals surface area contributed by atoms with E-state index in [1.54, 1.807) is 30.5 Å². The first-order valence-electron chi connectivity index (χ1n) is 8.17. The van der Waals surface area contributed by atoms with E-state index in [0.29, 0.717) is 23.2 Å². The standard InChI is InChI=1S/C17H23N3O3S/c1-23-16-6-2-7-17(13-16)24(21,22)12-11-19-9-3-5-15(19)14-20-10-4-8-18-20/h2,4,6-8,10,13,15H,3,5,9,11-12,14H2,1H3/t15-/m1/s1. The van der Waals surface area contributed by atoms with Crippen LogP contribution in [0.15, 0.2) is 47.6 Å². The molecule has 1 fully saturated rings. The number of likely N-dealkylation sites (tertiary alicyclic amines) is 1. The number of methoxy groups -OCH3 is 1. The Morgan fingerprint density at radius 3 is 2.96 bits per heavy atom. The number of hydrogen-bond acceptors (Lipinski definition) is 5. The molecule has 1 aromatic heterocycles. The fourth-order valence-electron chi connectivity index (χ4n) is 3.17. The number of ether oxygens (including phenoxy) is 1. The van der Waals surface area contributed by atoms with Gasteiger partial charge in [0.1, 0.15) is 5.75 Å². The van der Waals surface area contributed by atoms with Crippen molar-refractivity contribution in [2.45, 2.75) is 30.3 Å². The molecule has 0 amide bonds. The quantitative estimate of drug-likeness (QED) is 0.763. The van der Waals surface area contributed by atoms with E-state index in [1.165, 1.54) is 7.11 Å². The highest BCUT2D eigenvalue weighted by molar-refractivity contribution is 7.91. The molecule has 130 valence electrons. The molecule has 1 atom stereocenters. The van der Waals surface area contributed by atoms with Crippen molar-refractivity contribution in [3.8, 4) is 5.75 Å². The highest BCUT2D eigenvalue weighted by Crippen LogP contribution is 2.21. The van der Waals surface area contributed by atoms with Crippen LogP contribution in [0.4, 0.5) is 0 Å². The Labute approximate surface area is 143 Å². The SMILES string of the molecule is COc1cccc(S(=O)(=O)CCN2CCC[C@@H]2Cn2cccn2)c1. The Bertz CT molecular complexity index is 759. The predicted octanol–water partition coefficient (Wildman–Crippen LogP) is 1.83. The first kappa shape index (κ1) is 17.0. The van der Waals surface area contributed by atoms with Crippen LogP contribution in [0.3, 0.4) is 0 Å². The molecule has 3 rings (SSSR count). The summed E-state index contributed by atoms with van der Waals surface area (Å²) in [5.74, 6) is 0.685. The Morgan fingerprint density at radius 2 is 2.21 bits per heavy atom. The van der Waals surface area contributed by atoms with Gasteiger partial charge in [-0.05, 0) is 43.7 Å². The van der Waals surface area contributed by atoms with E-state index in [1.807, 2.05) is 16.9 Å². The smallest absolute Gasteiger partial charge is 0.179 e. The van der Waals surface area contributed by atoms with E-state index in [0.717, 1.165) is 25.9 Å². The Hall–Kier alpha value is -1.86. The van der Waals surface area contributed by atoms with Gasteiger partial charge in [0.2, 0.25) is 0 Å². The molecule has 0 unspecified atom stereocenters. The second-order valence-corrected chi connectivity index (χ2v) is 8.17. The lowest BCUT2D eigenvalue weighted by atomic mass is 10.2. The Kier molecular flexibility index (Phi) is 5.20. The van der Waals surface area contributed by atoms with Crippen molar-refractivity contribution in [2.75, 3.05) is 26.0 Å². The zero-order valence-electron chi connectivity index (χ0n) is 13.8. The predicted molar refractivity (Wildman–Crippen MR) is 91.9 cm³/mol. The van der Waals surface area contributed by atoms with Crippen molar-refractivity contribution in [1.82, 2.24) is 14.7 Å². The number of sulfone groups is 1. The molecule has 7 heteroatoms. The summed E-state index contributed by atoms with van der Waals surface area (Å²) >= 11 is 0. The fourth-order valence-corrected chi connectivity index (χ4v) is 4.46. The van der Waals surface area contributed by atoms with Crippen LogP contribution < -0.4 is 4.74 Å². The molecule has 1 aromatic carbocycles.